The Morgan fingerprint density at radius 1 is 1.50 bits per heavy atom. The van der Waals surface area contributed by atoms with E-state index in [-0.39, 0.29) is 5.91 Å². The lowest BCUT2D eigenvalue weighted by molar-refractivity contribution is -0.138. The van der Waals surface area contributed by atoms with Crippen LogP contribution in [0.25, 0.3) is 0 Å². The second-order valence-corrected chi connectivity index (χ2v) is 1.93. The van der Waals surface area contributed by atoms with E-state index in [0.717, 1.165) is 0 Å². The fourth-order valence-electron chi connectivity index (χ4n) is 0.642. The number of carbonyl (C=O) groups is 2. The van der Waals surface area contributed by atoms with Gasteiger partial charge in [-0.2, -0.15) is 0 Å². The van der Waals surface area contributed by atoms with E-state index in [1.807, 2.05) is 0 Å². The first kappa shape index (κ1) is 7.01. The summed E-state index contributed by atoms with van der Waals surface area (Å²) >= 11 is 0. The van der Waals surface area contributed by atoms with Crippen molar-refractivity contribution in [3.63, 3.8) is 0 Å². The lowest BCUT2D eigenvalue weighted by atomic mass is 10.3. The minimum absolute atomic E-state index is 0.382. The van der Waals surface area contributed by atoms with Gasteiger partial charge in [0, 0.05) is 7.05 Å². The zero-order chi connectivity index (χ0) is 7.72. The molecule has 10 heavy (non-hydrogen) atoms. The Kier molecular flexibility index (Phi) is 1.58. The maximum atomic E-state index is 10.6. The molecule has 0 spiro atoms. The van der Waals surface area contributed by atoms with Gasteiger partial charge in [0.2, 0.25) is 0 Å². The van der Waals surface area contributed by atoms with Crippen molar-refractivity contribution in [3.05, 3.63) is 0 Å². The fourth-order valence-corrected chi connectivity index (χ4v) is 0.642. The molecule has 1 fully saturated rings. The largest absolute Gasteiger partial charge is 0.479 e. The Hall–Kier alpha value is -1.10. The van der Waals surface area contributed by atoms with Crippen LogP contribution in [0.1, 0.15) is 0 Å². The molecule has 0 bridgehead atoms. The van der Waals surface area contributed by atoms with E-state index < -0.39 is 18.2 Å². The molecule has 1 heterocycles. The molecule has 0 saturated carbocycles. The molecule has 1 rings (SSSR count). The minimum atomic E-state index is -1.09. The van der Waals surface area contributed by atoms with Gasteiger partial charge in [-0.1, -0.05) is 0 Å². The summed E-state index contributed by atoms with van der Waals surface area (Å²) in [6, 6.07) is 0. The standard InChI is InChI=1S/C5H7NO4/c1-6-4(7)2-3(10-2)5(8)9/h2-3H,1H3,(H,6,7)(H,8,9). The molecule has 2 atom stereocenters. The van der Waals surface area contributed by atoms with Gasteiger partial charge in [-0.25, -0.2) is 4.79 Å². The molecule has 1 saturated heterocycles. The summed E-state index contributed by atoms with van der Waals surface area (Å²) in [5.74, 6) is -1.47. The van der Waals surface area contributed by atoms with Crippen molar-refractivity contribution in [3.8, 4) is 0 Å². The second kappa shape index (κ2) is 2.26. The SMILES string of the molecule is CNC(=O)C1OC1C(=O)O. The van der Waals surface area contributed by atoms with Gasteiger partial charge in [0.25, 0.3) is 5.91 Å². The maximum Gasteiger partial charge on any atom is 0.336 e. The quantitative estimate of drug-likeness (QED) is 0.467. The van der Waals surface area contributed by atoms with Gasteiger partial charge in [0.05, 0.1) is 0 Å². The Balaban J connectivity index is 2.38. The topological polar surface area (TPSA) is 78.9 Å². The summed E-state index contributed by atoms with van der Waals surface area (Å²) in [6.45, 7) is 0. The summed E-state index contributed by atoms with van der Waals surface area (Å²) in [4.78, 5) is 20.7. The first-order chi connectivity index (χ1) is 4.66. The molecule has 1 aliphatic rings. The van der Waals surface area contributed by atoms with Crippen LogP contribution in [0.15, 0.2) is 0 Å². The molecule has 2 N–H and O–H groups in total. The highest BCUT2D eigenvalue weighted by Crippen LogP contribution is 2.21. The number of likely N-dealkylation sites (N-methyl/N-ethyl adjacent to an activating group) is 1. The monoisotopic (exact) mass is 145 g/mol. The van der Waals surface area contributed by atoms with Crippen molar-refractivity contribution in [2.24, 2.45) is 0 Å². The van der Waals surface area contributed by atoms with Crippen molar-refractivity contribution in [1.29, 1.82) is 0 Å². The third-order valence-corrected chi connectivity index (χ3v) is 1.24. The molecule has 1 amide bonds. The molecule has 0 aliphatic carbocycles. The molecule has 0 radical (unpaired) electrons. The Morgan fingerprint density at radius 3 is 2.40 bits per heavy atom. The van der Waals surface area contributed by atoms with Crippen molar-refractivity contribution in [2.45, 2.75) is 12.2 Å². The number of rotatable bonds is 2. The summed E-state index contributed by atoms with van der Waals surface area (Å²) in [5.41, 5.74) is 0. The number of carbonyl (C=O) groups excluding carboxylic acids is 1. The molecule has 5 heteroatoms. The van der Waals surface area contributed by atoms with E-state index in [4.69, 9.17) is 5.11 Å². The van der Waals surface area contributed by atoms with Crippen LogP contribution in [-0.2, 0) is 14.3 Å². The third-order valence-electron chi connectivity index (χ3n) is 1.24. The number of amides is 1. The van der Waals surface area contributed by atoms with Gasteiger partial charge >= 0.3 is 5.97 Å². The normalized spacial score (nSPS) is 29.3. The number of aliphatic carboxylic acids is 1. The Bertz CT molecular complexity index is 178. The van der Waals surface area contributed by atoms with Gasteiger partial charge in [0.1, 0.15) is 0 Å². The summed E-state index contributed by atoms with van der Waals surface area (Å²) in [6.07, 6.45) is -1.71. The van der Waals surface area contributed by atoms with E-state index in [2.05, 4.69) is 10.1 Å². The number of epoxide rings is 1. The number of hydrogen-bond acceptors (Lipinski definition) is 3. The average Bonchev–Trinajstić information content (AvgIpc) is 2.64. The highest BCUT2D eigenvalue weighted by molar-refractivity contribution is 5.91. The lowest BCUT2D eigenvalue weighted by Crippen LogP contribution is -2.26. The van der Waals surface area contributed by atoms with Gasteiger partial charge in [-0.05, 0) is 0 Å². The first-order valence-corrected chi connectivity index (χ1v) is 2.76. The van der Waals surface area contributed by atoms with Gasteiger partial charge < -0.3 is 15.2 Å². The van der Waals surface area contributed by atoms with Crippen molar-refractivity contribution < 1.29 is 19.4 Å². The van der Waals surface area contributed by atoms with Crippen LogP contribution in [0.5, 0.6) is 0 Å². The third kappa shape index (κ3) is 1.08. The number of carboxylic acids is 1. The van der Waals surface area contributed by atoms with Crippen LogP contribution in [0.4, 0.5) is 0 Å². The molecule has 0 aromatic carbocycles. The van der Waals surface area contributed by atoms with Crippen LogP contribution in [0.2, 0.25) is 0 Å². The van der Waals surface area contributed by atoms with Crippen LogP contribution in [0.3, 0.4) is 0 Å². The first-order valence-electron chi connectivity index (χ1n) is 2.76. The van der Waals surface area contributed by atoms with Crippen LogP contribution < -0.4 is 5.32 Å². The van der Waals surface area contributed by atoms with E-state index in [1.165, 1.54) is 7.05 Å². The molecule has 0 aromatic heterocycles. The van der Waals surface area contributed by atoms with Gasteiger partial charge in [-0.15, -0.1) is 0 Å². The minimum Gasteiger partial charge on any atom is -0.479 e. The molecule has 5 nitrogen and oxygen atoms in total. The second-order valence-electron chi connectivity index (χ2n) is 1.93. The van der Waals surface area contributed by atoms with Crippen LogP contribution in [-0.4, -0.2) is 36.2 Å². The Labute approximate surface area is 57.0 Å². The lowest BCUT2D eigenvalue weighted by Gasteiger charge is -1.89. The van der Waals surface area contributed by atoms with E-state index in [9.17, 15) is 9.59 Å². The number of hydrogen-bond donors (Lipinski definition) is 2. The molecule has 2 unspecified atom stereocenters. The highest BCUT2D eigenvalue weighted by atomic mass is 16.6. The predicted octanol–water partition coefficient (Wildman–Crippen LogP) is -1.42. The predicted molar refractivity (Wildman–Crippen MR) is 30.4 cm³/mol. The van der Waals surface area contributed by atoms with Crippen molar-refractivity contribution in [2.75, 3.05) is 7.05 Å². The molecule has 0 aromatic rings. The smallest absolute Gasteiger partial charge is 0.336 e. The van der Waals surface area contributed by atoms with E-state index in [0.29, 0.717) is 0 Å². The van der Waals surface area contributed by atoms with E-state index in [1.54, 1.807) is 0 Å². The van der Waals surface area contributed by atoms with Crippen LogP contribution in [0, 0.1) is 0 Å². The fraction of sp³-hybridized carbons (Fsp3) is 0.600. The summed E-state index contributed by atoms with van der Waals surface area (Å²) < 4.78 is 4.52. The average molecular weight is 145 g/mol. The Morgan fingerprint density at radius 2 is 2.10 bits per heavy atom. The number of carboxylic acid groups (broad SMARTS) is 1. The molecular weight excluding hydrogens is 138 g/mol. The zero-order valence-corrected chi connectivity index (χ0v) is 5.33. The maximum absolute atomic E-state index is 10.6. The zero-order valence-electron chi connectivity index (χ0n) is 5.33. The molecule has 56 valence electrons. The molecular formula is C5H7NO4. The summed E-state index contributed by atoms with van der Waals surface area (Å²) in [5, 5.41) is 10.5. The highest BCUT2D eigenvalue weighted by Gasteiger charge is 2.50. The van der Waals surface area contributed by atoms with Crippen molar-refractivity contribution >= 4 is 11.9 Å². The molecule has 1 aliphatic heterocycles. The summed E-state index contributed by atoms with van der Waals surface area (Å²) in [7, 11) is 1.43. The van der Waals surface area contributed by atoms with Gasteiger partial charge in [-0.3, -0.25) is 4.79 Å². The van der Waals surface area contributed by atoms with Crippen molar-refractivity contribution in [1.82, 2.24) is 5.32 Å². The van der Waals surface area contributed by atoms with Crippen LogP contribution >= 0.6 is 0 Å². The van der Waals surface area contributed by atoms with Gasteiger partial charge in [0.15, 0.2) is 12.2 Å². The van der Waals surface area contributed by atoms with E-state index >= 15 is 0 Å². The number of ether oxygens (including phenoxy) is 1. The number of nitrogens with one attached hydrogen (secondary N) is 1.